The lowest BCUT2D eigenvalue weighted by Crippen LogP contribution is -2.38. The Bertz CT molecular complexity index is 828. The third-order valence-electron chi connectivity index (χ3n) is 4.44. The van der Waals surface area contributed by atoms with E-state index in [0.29, 0.717) is 5.69 Å². The molecular weight excluding hydrogens is 338 g/mol. The van der Waals surface area contributed by atoms with E-state index in [2.05, 4.69) is 22.3 Å². The number of sulfonamides is 1. The fourth-order valence-electron chi connectivity index (χ4n) is 3.01. The van der Waals surface area contributed by atoms with E-state index in [0.717, 1.165) is 25.9 Å². The van der Waals surface area contributed by atoms with Crippen LogP contribution in [0.15, 0.2) is 59.5 Å². The van der Waals surface area contributed by atoms with Crippen LogP contribution in [0.5, 0.6) is 0 Å². The topological polar surface area (TPSA) is 92.5 Å². The highest BCUT2D eigenvalue weighted by Crippen LogP contribution is 2.24. The SMILES string of the molecule is NS(=O)(=O)c1ccc(NC(=O)C2CCN(c3ccccc3)CC2)cc1. The molecule has 2 aromatic carbocycles. The summed E-state index contributed by atoms with van der Waals surface area (Å²) in [5, 5.41) is 7.92. The predicted octanol–water partition coefficient (Wildman–Crippen LogP) is 2.19. The first-order valence-electron chi connectivity index (χ1n) is 8.17. The highest BCUT2D eigenvalue weighted by atomic mass is 32.2. The summed E-state index contributed by atoms with van der Waals surface area (Å²) >= 11 is 0. The van der Waals surface area contributed by atoms with Crippen LogP contribution in [-0.2, 0) is 14.8 Å². The van der Waals surface area contributed by atoms with Crippen LogP contribution in [0, 0.1) is 5.92 Å². The number of para-hydroxylation sites is 1. The largest absolute Gasteiger partial charge is 0.371 e. The number of benzene rings is 2. The number of carbonyl (C=O) groups is 1. The van der Waals surface area contributed by atoms with E-state index < -0.39 is 10.0 Å². The van der Waals surface area contributed by atoms with Crippen molar-refractivity contribution in [3.63, 3.8) is 0 Å². The van der Waals surface area contributed by atoms with Crippen LogP contribution in [0.4, 0.5) is 11.4 Å². The van der Waals surface area contributed by atoms with Gasteiger partial charge in [0.25, 0.3) is 0 Å². The number of piperidine rings is 1. The molecule has 0 aromatic heterocycles. The molecule has 0 bridgehead atoms. The third kappa shape index (κ3) is 4.37. The van der Waals surface area contributed by atoms with Crippen molar-refractivity contribution in [3.8, 4) is 0 Å². The number of amides is 1. The Morgan fingerprint density at radius 2 is 1.60 bits per heavy atom. The average Bonchev–Trinajstić information content (AvgIpc) is 2.62. The van der Waals surface area contributed by atoms with Gasteiger partial charge in [0.1, 0.15) is 0 Å². The Kier molecular flexibility index (Phi) is 5.06. The first-order valence-corrected chi connectivity index (χ1v) is 9.72. The highest BCUT2D eigenvalue weighted by molar-refractivity contribution is 7.89. The summed E-state index contributed by atoms with van der Waals surface area (Å²) in [5.74, 6) is -0.0750. The molecule has 2 aromatic rings. The van der Waals surface area contributed by atoms with Gasteiger partial charge in [-0.3, -0.25) is 4.79 Å². The zero-order valence-electron chi connectivity index (χ0n) is 13.8. The maximum absolute atomic E-state index is 12.4. The Morgan fingerprint density at radius 3 is 2.16 bits per heavy atom. The minimum Gasteiger partial charge on any atom is -0.371 e. The lowest BCUT2D eigenvalue weighted by molar-refractivity contribution is -0.120. The molecule has 1 aliphatic heterocycles. The van der Waals surface area contributed by atoms with E-state index in [-0.39, 0.29) is 16.7 Å². The molecule has 6 nitrogen and oxygen atoms in total. The quantitative estimate of drug-likeness (QED) is 0.875. The molecule has 0 atom stereocenters. The van der Waals surface area contributed by atoms with E-state index in [9.17, 15) is 13.2 Å². The molecule has 0 saturated carbocycles. The van der Waals surface area contributed by atoms with Gasteiger partial charge in [-0.1, -0.05) is 18.2 Å². The van der Waals surface area contributed by atoms with Crippen molar-refractivity contribution in [2.45, 2.75) is 17.7 Å². The molecular formula is C18H21N3O3S. The summed E-state index contributed by atoms with van der Waals surface area (Å²) in [4.78, 5) is 14.7. The Hall–Kier alpha value is -2.38. The van der Waals surface area contributed by atoms with E-state index in [1.54, 1.807) is 12.1 Å². The number of nitrogens with one attached hydrogen (secondary N) is 1. The zero-order valence-corrected chi connectivity index (χ0v) is 14.6. The number of carbonyl (C=O) groups excluding carboxylic acids is 1. The van der Waals surface area contributed by atoms with Crippen LogP contribution in [-0.4, -0.2) is 27.4 Å². The maximum atomic E-state index is 12.4. The normalized spacial score (nSPS) is 15.8. The lowest BCUT2D eigenvalue weighted by Gasteiger charge is -2.33. The van der Waals surface area contributed by atoms with Crippen LogP contribution >= 0.6 is 0 Å². The van der Waals surface area contributed by atoms with Gasteiger partial charge in [-0.2, -0.15) is 0 Å². The van der Waals surface area contributed by atoms with Crippen molar-refractivity contribution in [3.05, 3.63) is 54.6 Å². The fourth-order valence-corrected chi connectivity index (χ4v) is 3.53. The van der Waals surface area contributed by atoms with Crippen LogP contribution in [0.3, 0.4) is 0 Å². The van der Waals surface area contributed by atoms with Crippen LogP contribution in [0.1, 0.15) is 12.8 Å². The van der Waals surface area contributed by atoms with E-state index in [1.807, 2.05) is 18.2 Å². The first-order chi connectivity index (χ1) is 11.9. The van der Waals surface area contributed by atoms with Gasteiger partial charge in [0, 0.05) is 30.4 Å². The van der Waals surface area contributed by atoms with Crippen molar-refractivity contribution in [2.75, 3.05) is 23.3 Å². The molecule has 25 heavy (non-hydrogen) atoms. The fraction of sp³-hybridized carbons (Fsp3) is 0.278. The molecule has 132 valence electrons. The second-order valence-corrected chi connectivity index (χ2v) is 7.72. The second kappa shape index (κ2) is 7.25. The smallest absolute Gasteiger partial charge is 0.238 e. The van der Waals surface area contributed by atoms with Gasteiger partial charge < -0.3 is 10.2 Å². The van der Waals surface area contributed by atoms with Gasteiger partial charge in [0.05, 0.1) is 4.90 Å². The number of hydrogen-bond donors (Lipinski definition) is 2. The minimum atomic E-state index is -3.72. The molecule has 0 radical (unpaired) electrons. The molecule has 1 saturated heterocycles. The minimum absolute atomic E-state index is 0.0293. The number of nitrogens with zero attached hydrogens (tertiary/aromatic N) is 1. The molecule has 7 heteroatoms. The number of rotatable bonds is 4. The van der Waals surface area contributed by atoms with Crippen molar-refractivity contribution < 1.29 is 13.2 Å². The van der Waals surface area contributed by atoms with Crippen LogP contribution in [0.25, 0.3) is 0 Å². The molecule has 3 rings (SSSR count). The Morgan fingerprint density at radius 1 is 1.00 bits per heavy atom. The van der Waals surface area contributed by atoms with Crippen molar-refractivity contribution >= 4 is 27.3 Å². The van der Waals surface area contributed by atoms with E-state index >= 15 is 0 Å². The molecule has 1 aliphatic rings. The maximum Gasteiger partial charge on any atom is 0.238 e. The van der Waals surface area contributed by atoms with Gasteiger partial charge in [0.15, 0.2) is 0 Å². The van der Waals surface area contributed by atoms with Gasteiger partial charge >= 0.3 is 0 Å². The second-order valence-electron chi connectivity index (χ2n) is 6.16. The van der Waals surface area contributed by atoms with Crippen LogP contribution in [0.2, 0.25) is 0 Å². The Labute approximate surface area is 147 Å². The Balaban J connectivity index is 1.56. The van der Waals surface area contributed by atoms with Gasteiger partial charge in [-0.25, -0.2) is 13.6 Å². The molecule has 1 heterocycles. The van der Waals surface area contributed by atoms with Crippen molar-refractivity contribution in [1.82, 2.24) is 0 Å². The molecule has 0 unspecified atom stereocenters. The number of nitrogens with two attached hydrogens (primary N) is 1. The molecule has 1 fully saturated rings. The first kappa shape index (κ1) is 17.4. The monoisotopic (exact) mass is 359 g/mol. The number of hydrogen-bond acceptors (Lipinski definition) is 4. The molecule has 0 spiro atoms. The summed E-state index contributed by atoms with van der Waals surface area (Å²) in [5.41, 5.74) is 1.75. The molecule has 3 N–H and O–H groups in total. The van der Waals surface area contributed by atoms with Crippen molar-refractivity contribution in [2.24, 2.45) is 11.1 Å². The summed E-state index contributed by atoms with van der Waals surface area (Å²) in [6.07, 6.45) is 1.58. The van der Waals surface area contributed by atoms with Crippen LogP contribution < -0.4 is 15.4 Å². The molecule has 0 aliphatic carbocycles. The van der Waals surface area contributed by atoms with Crippen molar-refractivity contribution in [1.29, 1.82) is 0 Å². The van der Waals surface area contributed by atoms with E-state index in [1.165, 1.54) is 17.8 Å². The summed E-state index contributed by atoms with van der Waals surface area (Å²) < 4.78 is 22.5. The van der Waals surface area contributed by atoms with Gasteiger partial charge in [0.2, 0.25) is 15.9 Å². The van der Waals surface area contributed by atoms with Gasteiger partial charge in [-0.15, -0.1) is 0 Å². The predicted molar refractivity (Wildman–Crippen MR) is 97.8 cm³/mol. The number of anilines is 2. The summed E-state index contributed by atoms with van der Waals surface area (Å²) in [6, 6.07) is 16.1. The summed E-state index contributed by atoms with van der Waals surface area (Å²) in [6.45, 7) is 1.68. The van der Waals surface area contributed by atoms with E-state index in [4.69, 9.17) is 5.14 Å². The zero-order chi connectivity index (χ0) is 17.9. The summed E-state index contributed by atoms with van der Waals surface area (Å²) in [7, 11) is -3.72. The number of primary sulfonamides is 1. The van der Waals surface area contributed by atoms with Gasteiger partial charge in [-0.05, 0) is 49.2 Å². The third-order valence-corrected chi connectivity index (χ3v) is 5.37. The average molecular weight is 359 g/mol. The highest BCUT2D eigenvalue weighted by Gasteiger charge is 2.25. The standard InChI is InChI=1S/C18H21N3O3S/c19-25(23,24)17-8-6-15(7-9-17)20-18(22)14-10-12-21(13-11-14)16-4-2-1-3-5-16/h1-9,14H,10-13H2,(H,20,22)(H2,19,23,24). The molecule has 1 amide bonds. The lowest BCUT2D eigenvalue weighted by atomic mass is 9.95.